The fourth-order valence-corrected chi connectivity index (χ4v) is 6.62. The Morgan fingerprint density at radius 3 is 2.29 bits per heavy atom. The molecule has 1 saturated carbocycles. The van der Waals surface area contributed by atoms with Gasteiger partial charge in [-0.05, 0) is 62.5 Å². The van der Waals surface area contributed by atoms with Gasteiger partial charge >= 0.3 is 0 Å². The van der Waals surface area contributed by atoms with Gasteiger partial charge in [0.25, 0.3) is 0 Å². The third-order valence-electron chi connectivity index (χ3n) is 7.33. The zero-order chi connectivity index (χ0) is 22.0. The van der Waals surface area contributed by atoms with Crippen LogP contribution < -0.4 is 4.90 Å². The molecule has 4 rings (SSSR count). The molecule has 0 radical (unpaired) electrons. The van der Waals surface area contributed by atoms with Crippen LogP contribution in [0.25, 0.3) is 0 Å². The molecule has 1 aromatic heterocycles. The zero-order valence-electron chi connectivity index (χ0n) is 19.1. The van der Waals surface area contributed by atoms with E-state index in [9.17, 15) is 4.79 Å². The Hall–Kier alpha value is -0.830. The highest BCUT2D eigenvalue weighted by Gasteiger charge is 2.41. The molecule has 2 bridgehead atoms. The first-order chi connectivity index (χ1) is 14.9. The molecular formula is C23H37N5OS2. The van der Waals surface area contributed by atoms with Crippen LogP contribution in [-0.2, 0) is 11.3 Å². The molecule has 0 aromatic carbocycles. The van der Waals surface area contributed by atoms with E-state index in [2.05, 4.69) is 32.8 Å². The number of nitrogens with zero attached hydrogens (tertiary/aromatic N) is 5. The summed E-state index contributed by atoms with van der Waals surface area (Å²) < 4.78 is 2.34. The van der Waals surface area contributed by atoms with Gasteiger partial charge < -0.3 is 9.80 Å². The lowest BCUT2D eigenvalue weighted by Gasteiger charge is -2.39. The maximum absolute atomic E-state index is 12.3. The van der Waals surface area contributed by atoms with Crippen molar-refractivity contribution in [2.24, 2.45) is 17.8 Å². The summed E-state index contributed by atoms with van der Waals surface area (Å²) in [5.74, 6) is 2.51. The number of Topliss-reactive ketones (excluding diaryl/α,β-unsaturated/α-hetero) is 1. The predicted octanol–water partition coefficient (Wildman–Crippen LogP) is 4.09. The highest BCUT2D eigenvalue weighted by atomic mass is 33.1. The summed E-state index contributed by atoms with van der Waals surface area (Å²) in [6, 6.07) is 1.01. The van der Waals surface area contributed by atoms with Crippen LogP contribution in [0.1, 0.15) is 57.9 Å². The number of thiol groups is 1. The summed E-state index contributed by atoms with van der Waals surface area (Å²) in [5.41, 5.74) is 1.17. The molecule has 3 aliphatic rings. The highest BCUT2D eigenvalue weighted by Crippen LogP contribution is 2.36. The second-order valence-corrected chi connectivity index (χ2v) is 11.3. The molecule has 0 amide bonds. The van der Waals surface area contributed by atoms with Gasteiger partial charge in [0.15, 0.2) is 0 Å². The maximum Gasteiger partial charge on any atom is 0.225 e. The monoisotopic (exact) mass is 463 g/mol. The van der Waals surface area contributed by atoms with Crippen LogP contribution in [0.5, 0.6) is 0 Å². The van der Waals surface area contributed by atoms with Gasteiger partial charge in [-0.3, -0.25) is 4.79 Å². The van der Waals surface area contributed by atoms with Crippen molar-refractivity contribution in [2.45, 2.75) is 71.0 Å². The number of ketones is 1. The van der Waals surface area contributed by atoms with Crippen LogP contribution in [0.3, 0.4) is 0 Å². The summed E-state index contributed by atoms with van der Waals surface area (Å²) >= 11 is 4.38. The topological polar surface area (TPSA) is 52.6 Å². The molecule has 172 valence electrons. The molecule has 3 heterocycles. The summed E-state index contributed by atoms with van der Waals surface area (Å²) in [6.07, 6.45) is 10.9. The number of fused-ring (bicyclic) bond motifs is 2. The van der Waals surface area contributed by atoms with Gasteiger partial charge in [0.2, 0.25) is 5.95 Å². The van der Waals surface area contributed by atoms with Gasteiger partial charge in [0.1, 0.15) is 5.78 Å². The van der Waals surface area contributed by atoms with Crippen LogP contribution in [-0.4, -0.2) is 63.7 Å². The first-order valence-corrected chi connectivity index (χ1v) is 13.6. The third kappa shape index (κ3) is 5.57. The quantitative estimate of drug-likeness (QED) is 0.354. The van der Waals surface area contributed by atoms with E-state index < -0.39 is 0 Å². The Morgan fingerprint density at radius 1 is 1.13 bits per heavy atom. The lowest BCUT2D eigenvalue weighted by molar-refractivity contribution is -0.127. The minimum atomic E-state index is 0.174. The van der Waals surface area contributed by atoms with Gasteiger partial charge in [-0.2, -0.15) is 0 Å². The standard InChI is InChI=1S/C23H37N5OS2/c1-16(2)22(29)19-6-4-17(5-7-19)12-26(3)13-18-10-24-23(25-11-18)28-20-8-9-21(28)15-27(14-20)31-30/h10-11,16-17,19-21,30H,4-9,12-15H2,1-3H3/t17-,19-,20?,21?. The molecule has 2 unspecified atom stereocenters. The number of carbonyl (C=O) groups is 1. The number of anilines is 1. The van der Waals surface area contributed by atoms with Crippen molar-refractivity contribution in [1.82, 2.24) is 19.2 Å². The summed E-state index contributed by atoms with van der Waals surface area (Å²) in [4.78, 5) is 26.6. The fraction of sp³-hybridized carbons (Fsp3) is 0.783. The van der Waals surface area contributed by atoms with Crippen molar-refractivity contribution in [1.29, 1.82) is 0 Å². The van der Waals surface area contributed by atoms with E-state index in [0.29, 0.717) is 29.7 Å². The second-order valence-electron chi connectivity index (χ2n) is 10.1. The Bertz CT molecular complexity index is 724. The Morgan fingerprint density at radius 2 is 1.74 bits per heavy atom. The smallest absolute Gasteiger partial charge is 0.225 e. The van der Waals surface area contributed by atoms with Gasteiger partial charge in [0.05, 0.1) is 0 Å². The molecule has 0 spiro atoms. The number of rotatable bonds is 8. The molecule has 8 heteroatoms. The molecule has 2 atom stereocenters. The fourth-order valence-electron chi connectivity index (χ4n) is 5.74. The van der Waals surface area contributed by atoms with E-state index in [4.69, 9.17) is 9.97 Å². The van der Waals surface area contributed by atoms with E-state index in [1.54, 1.807) is 11.0 Å². The van der Waals surface area contributed by atoms with Gasteiger partial charge in [0, 0.05) is 68.1 Å². The molecule has 1 aromatic rings. The number of hydrogen-bond donors (Lipinski definition) is 1. The Kier molecular flexibility index (Phi) is 7.83. The van der Waals surface area contributed by atoms with Crippen molar-refractivity contribution in [3.05, 3.63) is 18.0 Å². The summed E-state index contributed by atoms with van der Waals surface area (Å²) in [5, 5.41) is 0. The van der Waals surface area contributed by atoms with Gasteiger partial charge in [-0.1, -0.05) is 25.5 Å². The lowest BCUT2D eigenvalue weighted by Crippen LogP contribution is -2.52. The molecule has 2 aliphatic heterocycles. The number of aromatic nitrogens is 2. The zero-order valence-corrected chi connectivity index (χ0v) is 20.8. The number of hydrogen-bond acceptors (Lipinski definition) is 8. The largest absolute Gasteiger partial charge is 0.332 e. The van der Waals surface area contributed by atoms with E-state index in [0.717, 1.165) is 45.0 Å². The van der Waals surface area contributed by atoms with Crippen LogP contribution >= 0.6 is 22.6 Å². The van der Waals surface area contributed by atoms with Crippen molar-refractivity contribution in [2.75, 3.05) is 31.6 Å². The first-order valence-electron chi connectivity index (χ1n) is 11.8. The van der Waals surface area contributed by atoms with Crippen LogP contribution in [0.2, 0.25) is 0 Å². The van der Waals surface area contributed by atoms with Crippen molar-refractivity contribution in [3.8, 4) is 0 Å². The van der Waals surface area contributed by atoms with E-state index in [-0.39, 0.29) is 5.92 Å². The summed E-state index contributed by atoms with van der Waals surface area (Å²) in [6.45, 7) is 8.08. The SMILES string of the molecule is CC(C)C(=O)[C@H]1CC[C@H](CN(C)Cc2cnc(N3C4CCC3CN(SS)C4)nc2)CC1. The van der Waals surface area contributed by atoms with E-state index in [1.807, 2.05) is 26.2 Å². The average molecular weight is 464 g/mol. The molecule has 6 nitrogen and oxygen atoms in total. The van der Waals surface area contributed by atoms with Crippen molar-refractivity contribution in [3.63, 3.8) is 0 Å². The average Bonchev–Trinajstić information content (AvgIpc) is 3.03. The Labute approximate surface area is 196 Å². The normalized spacial score (nSPS) is 29.2. The minimum absolute atomic E-state index is 0.174. The second kappa shape index (κ2) is 10.4. The molecule has 1 aliphatic carbocycles. The highest BCUT2D eigenvalue weighted by molar-refractivity contribution is 8.67. The molecule has 31 heavy (non-hydrogen) atoms. The van der Waals surface area contributed by atoms with Crippen LogP contribution in [0.15, 0.2) is 12.4 Å². The van der Waals surface area contributed by atoms with Crippen LogP contribution in [0.4, 0.5) is 5.95 Å². The number of carbonyl (C=O) groups excluding carboxylic acids is 1. The van der Waals surface area contributed by atoms with E-state index >= 15 is 0 Å². The minimum Gasteiger partial charge on any atom is -0.332 e. The molecule has 3 fully saturated rings. The molecule has 2 saturated heterocycles. The number of piperazine rings is 1. The van der Waals surface area contributed by atoms with E-state index in [1.165, 1.54) is 31.2 Å². The van der Waals surface area contributed by atoms with Crippen molar-refractivity contribution >= 4 is 34.4 Å². The first kappa shape index (κ1) is 23.3. The lowest BCUT2D eigenvalue weighted by atomic mass is 9.77. The van der Waals surface area contributed by atoms with Gasteiger partial charge in [-0.15, -0.1) is 0 Å². The van der Waals surface area contributed by atoms with Gasteiger partial charge in [-0.25, -0.2) is 14.3 Å². The molecular weight excluding hydrogens is 426 g/mol. The maximum atomic E-state index is 12.3. The Balaban J connectivity index is 1.26. The predicted molar refractivity (Wildman–Crippen MR) is 131 cm³/mol. The van der Waals surface area contributed by atoms with Crippen molar-refractivity contribution < 1.29 is 4.79 Å². The summed E-state index contributed by atoms with van der Waals surface area (Å²) in [7, 11) is 3.74. The molecule has 0 N–H and O–H groups in total. The van der Waals surface area contributed by atoms with Crippen LogP contribution in [0, 0.1) is 17.8 Å². The third-order valence-corrected chi connectivity index (χ3v) is 8.55.